The van der Waals surface area contributed by atoms with Crippen LogP contribution in [0.3, 0.4) is 0 Å². The number of hydrogen-bond donors (Lipinski definition) is 0. The number of carbonyl (C=O) groups excluding carboxylic acids is 1. The van der Waals surface area contributed by atoms with Crippen molar-refractivity contribution in [3.63, 3.8) is 0 Å². The van der Waals surface area contributed by atoms with Crippen LogP contribution >= 0.6 is 0 Å². The maximum atomic E-state index is 13.4. The van der Waals surface area contributed by atoms with Crippen LogP contribution in [0.2, 0.25) is 0 Å². The van der Waals surface area contributed by atoms with Crippen LogP contribution in [0.5, 0.6) is 0 Å². The van der Waals surface area contributed by atoms with E-state index in [-0.39, 0.29) is 11.8 Å². The van der Waals surface area contributed by atoms with Gasteiger partial charge in [0.05, 0.1) is 0 Å². The highest BCUT2D eigenvalue weighted by molar-refractivity contribution is 5.77. The Balaban J connectivity index is 2.19. The summed E-state index contributed by atoms with van der Waals surface area (Å²) in [5.41, 5.74) is 0.568. The van der Waals surface area contributed by atoms with Gasteiger partial charge < -0.3 is 4.90 Å². The number of carbonyl (C=O) groups is 1. The van der Waals surface area contributed by atoms with Gasteiger partial charge in [-0.05, 0) is 18.4 Å². The Kier molecular flexibility index (Phi) is 2.66. The maximum Gasteiger partial charge on any atom is 0.222 e. The van der Waals surface area contributed by atoms with E-state index in [1.165, 1.54) is 6.20 Å². The van der Waals surface area contributed by atoms with Crippen LogP contribution < -0.4 is 0 Å². The van der Waals surface area contributed by atoms with Gasteiger partial charge in [-0.15, -0.1) is 0 Å². The van der Waals surface area contributed by atoms with Gasteiger partial charge in [-0.25, -0.2) is 4.98 Å². The molecule has 80 valence electrons. The fourth-order valence-electron chi connectivity index (χ4n) is 1.91. The average Bonchev–Trinajstić information content (AvgIpc) is 2.23. The fourth-order valence-corrected chi connectivity index (χ4v) is 1.91. The summed E-state index contributed by atoms with van der Waals surface area (Å²) < 4.78 is 13.4. The van der Waals surface area contributed by atoms with Gasteiger partial charge in [-0.1, -0.05) is 6.07 Å². The standard InChI is InChI=1S/C11H13FN2O/c1-14-6-4-8(7-10(14)15)9-3-2-5-13-11(9)12/h2-3,5,8H,4,6-7H2,1H3. The predicted molar refractivity (Wildman–Crippen MR) is 53.8 cm³/mol. The smallest absolute Gasteiger partial charge is 0.222 e. The molecule has 0 aliphatic carbocycles. The van der Waals surface area contributed by atoms with Crippen molar-refractivity contribution in [2.24, 2.45) is 0 Å². The van der Waals surface area contributed by atoms with Crippen molar-refractivity contribution < 1.29 is 9.18 Å². The number of pyridine rings is 1. The minimum Gasteiger partial charge on any atom is -0.346 e. The van der Waals surface area contributed by atoms with Gasteiger partial charge >= 0.3 is 0 Å². The van der Waals surface area contributed by atoms with E-state index in [0.29, 0.717) is 18.5 Å². The summed E-state index contributed by atoms with van der Waals surface area (Å²) in [7, 11) is 1.78. The molecular weight excluding hydrogens is 195 g/mol. The summed E-state index contributed by atoms with van der Waals surface area (Å²) in [4.78, 5) is 16.8. The molecule has 15 heavy (non-hydrogen) atoms. The summed E-state index contributed by atoms with van der Waals surface area (Å²) in [6.45, 7) is 0.692. The SMILES string of the molecule is CN1CCC(c2cccnc2F)CC1=O. The second-order valence-electron chi connectivity index (χ2n) is 3.89. The lowest BCUT2D eigenvalue weighted by Gasteiger charge is -2.28. The van der Waals surface area contributed by atoms with Gasteiger partial charge in [-0.2, -0.15) is 4.39 Å². The zero-order valence-electron chi connectivity index (χ0n) is 8.61. The average molecular weight is 208 g/mol. The van der Waals surface area contributed by atoms with Crippen LogP contribution in [0.4, 0.5) is 4.39 Å². The Hall–Kier alpha value is -1.45. The first-order valence-corrected chi connectivity index (χ1v) is 5.03. The fraction of sp³-hybridized carbons (Fsp3) is 0.455. The van der Waals surface area contributed by atoms with Gasteiger partial charge in [-0.3, -0.25) is 4.79 Å². The Labute approximate surface area is 87.9 Å². The highest BCUT2D eigenvalue weighted by Gasteiger charge is 2.26. The number of halogens is 1. The summed E-state index contributed by atoms with van der Waals surface area (Å²) >= 11 is 0. The predicted octanol–water partition coefficient (Wildman–Crippen LogP) is 1.56. The normalized spacial score (nSPS) is 21.9. The molecule has 0 radical (unpaired) electrons. The number of piperidine rings is 1. The monoisotopic (exact) mass is 208 g/mol. The van der Waals surface area contributed by atoms with Gasteiger partial charge in [0.2, 0.25) is 11.9 Å². The van der Waals surface area contributed by atoms with Crippen molar-refractivity contribution in [3.8, 4) is 0 Å². The van der Waals surface area contributed by atoms with Crippen LogP contribution in [-0.2, 0) is 4.79 Å². The first kappa shape index (κ1) is 10.1. The zero-order valence-corrected chi connectivity index (χ0v) is 8.61. The van der Waals surface area contributed by atoms with Crippen molar-refractivity contribution >= 4 is 5.91 Å². The minimum atomic E-state index is -0.445. The Morgan fingerprint density at radius 3 is 3.07 bits per heavy atom. The molecular formula is C11H13FN2O. The molecule has 4 heteroatoms. The molecule has 1 amide bonds. The van der Waals surface area contributed by atoms with Gasteiger partial charge in [0, 0.05) is 31.8 Å². The van der Waals surface area contributed by atoms with Gasteiger partial charge in [0.1, 0.15) is 0 Å². The van der Waals surface area contributed by atoms with E-state index in [2.05, 4.69) is 4.98 Å². The van der Waals surface area contributed by atoms with Crippen molar-refractivity contribution in [2.75, 3.05) is 13.6 Å². The third-order valence-electron chi connectivity index (χ3n) is 2.89. The number of likely N-dealkylation sites (tertiary alicyclic amines) is 1. The van der Waals surface area contributed by atoms with Crippen LogP contribution in [-0.4, -0.2) is 29.4 Å². The highest BCUT2D eigenvalue weighted by atomic mass is 19.1. The number of aromatic nitrogens is 1. The molecule has 1 atom stereocenters. The third kappa shape index (κ3) is 1.98. The Morgan fingerprint density at radius 1 is 1.60 bits per heavy atom. The maximum absolute atomic E-state index is 13.4. The molecule has 0 spiro atoms. The van der Waals surface area contributed by atoms with Crippen molar-refractivity contribution in [3.05, 3.63) is 29.8 Å². The van der Waals surface area contributed by atoms with E-state index in [9.17, 15) is 9.18 Å². The molecule has 1 unspecified atom stereocenters. The quantitative estimate of drug-likeness (QED) is 0.656. The summed E-state index contributed by atoms with van der Waals surface area (Å²) in [5, 5.41) is 0. The summed E-state index contributed by atoms with van der Waals surface area (Å²) in [5.74, 6) is -0.378. The lowest BCUT2D eigenvalue weighted by atomic mass is 9.90. The second kappa shape index (κ2) is 3.96. The highest BCUT2D eigenvalue weighted by Crippen LogP contribution is 2.28. The van der Waals surface area contributed by atoms with Crippen LogP contribution in [0, 0.1) is 5.95 Å². The first-order valence-electron chi connectivity index (χ1n) is 5.03. The summed E-state index contributed by atoms with van der Waals surface area (Å²) in [6.07, 6.45) is 2.62. The minimum absolute atomic E-state index is 0.0117. The molecule has 1 aromatic heterocycles. The number of hydrogen-bond acceptors (Lipinski definition) is 2. The van der Waals surface area contributed by atoms with Crippen LogP contribution in [0.1, 0.15) is 24.3 Å². The van der Waals surface area contributed by atoms with Crippen molar-refractivity contribution in [1.82, 2.24) is 9.88 Å². The molecule has 0 bridgehead atoms. The largest absolute Gasteiger partial charge is 0.346 e. The number of nitrogens with zero attached hydrogens (tertiary/aromatic N) is 2. The molecule has 2 rings (SSSR count). The van der Waals surface area contributed by atoms with Gasteiger partial charge in [0.25, 0.3) is 0 Å². The van der Waals surface area contributed by atoms with E-state index in [4.69, 9.17) is 0 Å². The van der Waals surface area contributed by atoms with Crippen molar-refractivity contribution in [2.45, 2.75) is 18.8 Å². The van der Waals surface area contributed by atoms with Crippen LogP contribution in [0.15, 0.2) is 18.3 Å². The molecule has 1 aromatic rings. The molecule has 0 N–H and O–H groups in total. The Morgan fingerprint density at radius 2 is 2.40 bits per heavy atom. The molecule has 1 aliphatic rings. The lowest BCUT2D eigenvalue weighted by Crippen LogP contribution is -2.35. The lowest BCUT2D eigenvalue weighted by molar-refractivity contribution is -0.132. The molecule has 1 aliphatic heterocycles. The Bertz CT molecular complexity index is 381. The molecule has 1 fully saturated rings. The van der Waals surface area contributed by atoms with E-state index in [0.717, 1.165) is 6.42 Å². The van der Waals surface area contributed by atoms with E-state index >= 15 is 0 Å². The topological polar surface area (TPSA) is 33.2 Å². The van der Waals surface area contributed by atoms with Crippen molar-refractivity contribution in [1.29, 1.82) is 0 Å². The molecule has 0 aromatic carbocycles. The van der Waals surface area contributed by atoms with Gasteiger partial charge in [0.15, 0.2) is 0 Å². The number of rotatable bonds is 1. The third-order valence-corrected chi connectivity index (χ3v) is 2.89. The second-order valence-corrected chi connectivity index (χ2v) is 3.89. The molecule has 3 nitrogen and oxygen atoms in total. The summed E-state index contributed by atoms with van der Waals surface area (Å²) in [6, 6.07) is 3.42. The van der Waals surface area contributed by atoms with E-state index < -0.39 is 5.95 Å². The van der Waals surface area contributed by atoms with Crippen LogP contribution in [0.25, 0.3) is 0 Å². The molecule has 2 heterocycles. The van der Waals surface area contributed by atoms with E-state index in [1.54, 1.807) is 24.1 Å². The molecule has 1 saturated heterocycles. The number of amides is 1. The van der Waals surface area contributed by atoms with E-state index in [1.807, 2.05) is 0 Å². The first-order chi connectivity index (χ1) is 7.18. The molecule has 0 saturated carbocycles. The zero-order chi connectivity index (χ0) is 10.8.